The monoisotopic (exact) mass is 361 g/mol. The summed E-state index contributed by atoms with van der Waals surface area (Å²) in [6, 6.07) is 6.18. The summed E-state index contributed by atoms with van der Waals surface area (Å²) in [5.74, 6) is 0.966. The van der Waals surface area contributed by atoms with Gasteiger partial charge in [-0.15, -0.1) is 0 Å². The zero-order valence-electron chi connectivity index (χ0n) is 15.1. The van der Waals surface area contributed by atoms with Gasteiger partial charge in [0.05, 0.1) is 18.8 Å². The summed E-state index contributed by atoms with van der Waals surface area (Å²) >= 11 is 0. The minimum Gasteiger partial charge on any atom is -0.338 e. The number of para-hydroxylation sites is 1. The van der Waals surface area contributed by atoms with Crippen molar-refractivity contribution >= 4 is 11.6 Å². The Morgan fingerprint density at radius 1 is 1.23 bits per heavy atom. The van der Waals surface area contributed by atoms with E-state index in [2.05, 4.69) is 25.3 Å². The van der Waals surface area contributed by atoms with Crippen molar-refractivity contribution in [2.75, 3.05) is 38.0 Å². The molecule has 1 aromatic carbocycles. The predicted molar refractivity (Wildman–Crippen MR) is 95.1 cm³/mol. The summed E-state index contributed by atoms with van der Waals surface area (Å²) in [4.78, 5) is 20.8. The van der Waals surface area contributed by atoms with Gasteiger partial charge in [0.15, 0.2) is 5.82 Å². The third kappa shape index (κ3) is 4.86. The maximum atomic E-state index is 13.6. The van der Waals surface area contributed by atoms with Crippen molar-refractivity contribution in [3.8, 4) is 0 Å². The molecule has 7 nitrogen and oxygen atoms in total. The van der Waals surface area contributed by atoms with Gasteiger partial charge in [-0.25, -0.2) is 4.39 Å². The molecule has 0 radical (unpaired) electrons. The predicted octanol–water partition coefficient (Wildman–Crippen LogP) is 2.09. The van der Waals surface area contributed by atoms with Crippen molar-refractivity contribution < 1.29 is 13.7 Å². The first-order valence-electron chi connectivity index (χ1n) is 8.83. The van der Waals surface area contributed by atoms with Crippen LogP contribution in [0.1, 0.15) is 31.5 Å². The van der Waals surface area contributed by atoms with Crippen molar-refractivity contribution in [2.24, 2.45) is 0 Å². The highest BCUT2D eigenvalue weighted by Crippen LogP contribution is 2.14. The molecule has 8 heteroatoms. The number of piperazine rings is 1. The highest BCUT2D eigenvalue weighted by Gasteiger charge is 2.21. The lowest BCUT2D eigenvalue weighted by molar-refractivity contribution is -0.117. The number of aromatic nitrogens is 2. The summed E-state index contributed by atoms with van der Waals surface area (Å²) in [6.07, 6.45) is 0. The van der Waals surface area contributed by atoms with Crippen molar-refractivity contribution in [1.29, 1.82) is 0 Å². The van der Waals surface area contributed by atoms with E-state index in [1.54, 1.807) is 18.2 Å². The van der Waals surface area contributed by atoms with Crippen LogP contribution < -0.4 is 5.32 Å². The van der Waals surface area contributed by atoms with Crippen LogP contribution >= 0.6 is 0 Å². The van der Waals surface area contributed by atoms with Crippen LogP contribution in [0.4, 0.5) is 10.1 Å². The van der Waals surface area contributed by atoms with E-state index in [1.807, 2.05) is 13.8 Å². The Morgan fingerprint density at radius 3 is 2.58 bits per heavy atom. The highest BCUT2D eigenvalue weighted by atomic mass is 19.1. The fourth-order valence-corrected chi connectivity index (χ4v) is 2.82. The number of benzene rings is 1. The van der Waals surface area contributed by atoms with E-state index >= 15 is 0 Å². The molecule has 1 aromatic heterocycles. The van der Waals surface area contributed by atoms with E-state index in [0.29, 0.717) is 12.4 Å². The van der Waals surface area contributed by atoms with Gasteiger partial charge in [0.25, 0.3) is 0 Å². The number of hydrogen-bond acceptors (Lipinski definition) is 6. The Bertz CT molecular complexity index is 741. The molecule has 0 bridgehead atoms. The zero-order valence-corrected chi connectivity index (χ0v) is 15.1. The van der Waals surface area contributed by atoms with E-state index in [0.717, 1.165) is 32.0 Å². The van der Waals surface area contributed by atoms with Gasteiger partial charge in [-0.05, 0) is 12.1 Å². The zero-order chi connectivity index (χ0) is 18.5. The topological polar surface area (TPSA) is 74.5 Å². The quantitative estimate of drug-likeness (QED) is 0.849. The molecular formula is C18H24FN5O2. The minimum atomic E-state index is -0.425. The van der Waals surface area contributed by atoms with E-state index in [-0.39, 0.29) is 24.1 Å². The average Bonchev–Trinajstić information content (AvgIpc) is 3.07. The second-order valence-electron chi connectivity index (χ2n) is 6.78. The summed E-state index contributed by atoms with van der Waals surface area (Å²) in [6.45, 7) is 8.07. The molecule has 140 valence electrons. The largest absolute Gasteiger partial charge is 0.338 e. The molecular weight excluding hydrogens is 337 g/mol. The van der Waals surface area contributed by atoms with Crippen LogP contribution in [0.15, 0.2) is 28.8 Å². The number of hydrogen-bond donors (Lipinski definition) is 1. The lowest BCUT2D eigenvalue weighted by Gasteiger charge is -2.33. The molecule has 1 aliphatic heterocycles. The molecule has 0 atom stereocenters. The first-order valence-corrected chi connectivity index (χ1v) is 8.83. The standard InChI is InChI=1S/C18H24FN5O2/c1-13(2)18-21-17(26-22-18)12-24-9-7-23(8-10-24)11-16(25)20-15-6-4-3-5-14(15)19/h3-6,13H,7-12H2,1-2H3,(H,20,25). The smallest absolute Gasteiger partial charge is 0.240 e. The third-order valence-electron chi connectivity index (χ3n) is 4.34. The molecule has 1 amide bonds. The maximum Gasteiger partial charge on any atom is 0.240 e. The Labute approximate surface area is 152 Å². The van der Waals surface area contributed by atoms with Gasteiger partial charge in [-0.2, -0.15) is 4.98 Å². The fraction of sp³-hybridized carbons (Fsp3) is 0.500. The van der Waals surface area contributed by atoms with Crippen molar-refractivity contribution in [2.45, 2.75) is 26.3 Å². The van der Waals surface area contributed by atoms with Gasteiger partial charge in [0.1, 0.15) is 5.82 Å². The van der Waals surface area contributed by atoms with Gasteiger partial charge in [0, 0.05) is 32.1 Å². The molecule has 1 saturated heterocycles. The Hall–Kier alpha value is -2.32. The van der Waals surface area contributed by atoms with Crippen molar-refractivity contribution in [3.05, 3.63) is 41.8 Å². The normalized spacial score (nSPS) is 16.2. The Morgan fingerprint density at radius 2 is 1.92 bits per heavy atom. The molecule has 0 unspecified atom stereocenters. The number of carbonyl (C=O) groups excluding carboxylic acids is 1. The number of nitrogens with one attached hydrogen (secondary N) is 1. The Balaban J connectivity index is 1.43. The van der Waals surface area contributed by atoms with Crippen molar-refractivity contribution in [3.63, 3.8) is 0 Å². The highest BCUT2D eigenvalue weighted by molar-refractivity contribution is 5.92. The van der Waals surface area contributed by atoms with Gasteiger partial charge in [-0.3, -0.25) is 14.6 Å². The molecule has 2 aromatic rings. The minimum absolute atomic E-state index is 0.206. The van der Waals surface area contributed by atoms with Crippen LogP contribution in [0, 0.1) is 5.82 Å². The number of halogens is 1. The summed E-state index contributed by atoms with van der Waals surface area (Å²) < 4.78 is 18.9. The SMILES string of the molecule is CC(C)c1noc(CN2CCN(CC(=O)Nc3ccccc3F)CC2)n1. The van der Waals surface area contributed by atoms with Gasteiger partial charge >= 0.3 is 0 Å². The van der Waals surface area contributed by atoms with E-state index in [9.17, 15) is 9.18 Å². The van der Waals surface area contributed by atoms with E-state index < -0.39 is 5.82 Å². The van der Waals surface area contributed by atoms with Crippen LogP contribution in [-0.4, -0.2) is 58.6 Å². The molecule has 0 spiro atoms. The summed E-state index contributed by atoms with van der Waals surface area (Å²) in [5.41, 5.74) is 0.216. The third-order valence-corrected chi connectivity index (χ3v) is 4.34. The van der Waals surface area contributed by atoms with Crippen molar-refractivity contribution in [1.82, 2.24) is 19.9 Å². The number of anilines is 1. The second-order valence-corrected chi connectivity index (χ2v) is 6.78. The first kappa shape index (κ1) is 18.5. The average molecular weight is 361 g/mol. The van der Waals surface area contributed by atoms with E-state index in [1.165, 1.54) is 6.07 Å². The molecule has 1 fully saturated rings. The van der Waals surface area contributed by atoms with Gasteiger partial charge in [0.2, 0.25) is 11.8 Å². The lowest BCUT2D eigenvalue weighted by atomic mass is 10.2. The summed E-state index contributed by atoms with van der Waals surface area (Å²) in [7, 11) is 0. The number of carbonyl (C=O) groups is 1. The lowest BCUT2D eigenvalue weighted by Crippen LogP contribution is -2.48. The molecule has 26 heavy (non-hydrogen) atoms. The molecule has 1 aliphatic rings. The molecule has 3 rings (SSSR count). The molecule has 0 aliphatic carbocycles. The number of rotatable bonds is 6. The van der Waals surface area contributed by atoms with Crippen LogP contribution in [0.2, 0.25) is 0 Å². The molecule has 0 saturated carbocycles. The fourth-order valence-electron chi connectivity index (χ4n) is 2.82. The van der Waals surface area contributed by atoms with E-state index in [4.69, 9.17) is 4.52 Å². The number of nitrogens with zero attached hydrogens (tertiary/aromatic N) is 4. The van der Waals surface area contributed by atoms with Gasteiger partial charge in [-0.1, -0.05) is 31.1 Å². The van der Waals surface area contributed by atoms with Crippen LogP contribution in [-0.2, 0) is 11.3 Å². The van der Waals surface area contributed by atoms with Crippen LogP contribution in [0.25, 0.3) is 0 Å². The summed E-state index contributed by atoms with van der Waals surface area (Å²) in [5, 5.41) is 6.60. The maximum absolute atomic E-state index is 13.6. The molecule has 1 N–H and O–H groups in total. The first-order chi connectivity index (χ1) is 12.5. The number of amides is 1. The second kappa shape index (κ2) is 8.37. The van der Waals surface area contributed by atoms with Crippen LogP contribution in [0.5, 0.6) is 0 Å². The van der Waals surface area contributed by atoms with Crippen LogP contribution in [0.3, 0.4) is 0 Å². The van der Waals surface area contributed by atoms with Gasteiger partial charge < -0.3 is 9.84 Å². The Kier molecular flexibility index (Phi) is 5.95. The molecule has 2 heterocycles.